The van der Waals surface area contributed by atoms with Crippen LogP contribution in [0, 0.1) is 5.92 Å². The maximum absolute atomic E-state index is 12.6. The molecule has 3 rings (SSSR count). The van der Waals surface area contributed by atoms with Gasteiger partial charge >= 0.3 is 0 Å². The van der Waals surface area contributed by atoms with Crippen LogP contribution in [0.4, 0.5) is 5.69 Å². The number of halogens is 1. The van der Waals surface area contributed by atoms with Crippen LogP contribution < -0.4 is 15.4 Å². The minimum Gasteiger partial charge on any atom is -0.495 e. The maximum atomic E-state index is 12.6. The van der Waals surface area contributed by atoms with Crippen molar-refractivity contribution in [3.05, 3.63) is 23.8 Å². The number of benzene rings is 1. The van der Waals surface area contributed by atoms with Crippen molar-refractivity contribution in [2.24, 2.45) is 5.92 Å². The molecule has 2 amide bonds. The number of ether oxygens (including phenoxy) is 2. The molecule has 2 aliphatic heterocycles. The van der Waals surface area contributed by atoms with Gasteiger partial charge in [-0.1, -0.05) is 0 Å². The Labute approximate surface area is 153 Å². The lowest BCUT2D eigenvalue weighted by molar-refractivity contribution is -0.119. The van der Waals surface area contributed by atoms with E-state index in [1.54, 1.807) is 30.2 Å². The van der Waals surface area contributed by atoms with Crippen molar-refractivity contribution >= 4 is 29.9 Å². The number of nitrogens with zero attached hydrogens (tertiary/aromatic N) is 1. The van der Waals surface area contributed by atoms with E-state index in [2.05, 4.69) is 10.6 Å². The van der Waals surface area contributed by atoms with Gasteiger partial charge in [0.1, 0.15) is 5.75 Å². The van der Waals surface area contributed by atoms with Gasteiger partial charge in [0.15, 0.2) is 0 Å². The fourth-order valence-corrected chi connectivity index (χ4v) is 3.00. The van der Waals surface area contributed by atoms with Crippen LogP contribution in [0.3, 0.4) is 0 Å². The Hall–Kier alpha value is -1.83. The van der Waals surface area contributed by atoms with Crippen LogP contribution in [0.15, 0.2) is 18.2 Å². The Morgan fingerprint density at radius 2 is 2.08 bits per heavy atom. The molecule has 1 aromatic carbocycles. The van der Waals surface area contributed by atoms with Crippen LogP contribution in [0.5, 0.6) is 5.75 Å². The van der Waals surface area contributed by atoms with Crippen molar-refractivity contribution in [1.29, 1.82) is 0 Å². The predicted molar refractivity (Wildman–Crippen MR) is 96.6 cm³/mol. The van der Waals surface area contributed by atoms with E-state index >= 15 is 0 Å². The van der Waals surface area contributed by atoms with Crippen molar-refractivity contribution < 1.29 is 19.1 Å². The fourth-order valence-electron chi connectivity index (χ4n) is 3.00. The van der Waals surface area contributed by atoms with Gasteiger partial charge in [0, 0.05) is 25.2 Å². The van der Waals surface area contributed by atoms with Crippen molar-refractivity contribution in [3.8, 4) is 5.75 Å². The normalized spacial score (nSPS) is 19.9. The molecule has 0 aromatic heterocycles. The van der Waals surface area contributed by atoms with Gasteiger partial charge in [0.25, 0.3) is 5.91 Å². The zero-order valence-electron chi connectivity index (χ0n) is 14.2. The molecule has 0 saturated carbocycles. The average Bonchev–Trinajstić information content (AvgIpc) is 3.16. The molecule has 1 aromatic rings. The molecule has 2 aliphatic rings. The molecule has 0 radical (unpaired) electrons. The average molecular weight is 370 g/mol. The highest BCUT2D eigenvalue weighted by Crippen LogP contribution is 2.27. The van der Waals surface area contributed by atoms with Crippen molar-refractivity contribution in [1.82, 2.24) is 10.2 Å². The molecule has 0 bridgehead atoms. The molecule has 0 aliphatic carbocycles. The van der Waals surface area contributed by atoms with Crippen LogP contribution in [0.25, 0.3) is 0 Å². The van der Waals surface area contributed by atoms with E-state index in [4.69, 9.17) is 9.47 Å². The fraction of sp³-hybridized carbons (Fsp3) is 0.529. The van der Waals surface area contributed by atoms with Gasteiger partial charge in [0.2, 0.25) is 5.91 Å². The molecule has 0 spiro atoms. The Morgan fingerprint density at radius 3 is 2.72 bits per heavy atom. The second-order valence-corrected chi connectivity index (χ2v) is 6.00. The quantitative estimate of drug-likeness (QED) is 0.832. The minimum absolute atomic E-state index is 0. The van der Waals surface area contributed by atoms with E-state index in [9.17, 15) is 9.59 Å². The third-order valence-electron chi connectivity index (χ3n) is 4.43. The van der Waals surface area contributed by atoms with E-state index in [1.807, 2.05) is 0 Å². The summed E-state index contributed by atoms with van der Waals surface area (Å²) in [6, 6.07) is 5.14. The van der Waals surface area contributed by atoms with Gasteiger partial charge < -0.3 is 25.0 Å². The molecule has 2 fully saturated rings. The molecule has 1 unspecified atom stereocenters. The largest absolute Gasteiger partial charge is 0.495 e. The minimum atomic E-state index is -0.0565. The summed E-state index contributed by atoms with van der Waals surface area (Å²) in [6.45, 7) is 3.81. The Kier molecular flexibility index (Phi) is 7.04. The van der Waals surface area contributed by atoms with Gasteiger partial charge in [-0.2, -0.15) is 0 Å². The van der Waals surface area contributed by atoms with Gasteiger partial charge in [0.05, 0.1) is 31.9 Å². The summed E-state index contributed by atoms with van der Waals surface area (Å²) in [5.74, 6) is 0.398. The van der Waals surface area contributed by atoms with E-state index in [-0.39, 0.29) is 30.1 Å². The summed E-state index contributed by atoms with van der Waals surface area (Å²) in [5, 5.41) is 6.08. The van der Waals surface area contributed by atoms with Crippen LogP contribution in [0.2, 0.25) is 0 Å². The van der Waals surface area contributed by atoms with E-state index in [0.29, 0.717) is 49.8 Å². The first-order chi connectivity index (χ1) is 11.7. The van der Waals surface area contributed by atoms with E-state index in [1.165, 1.54) is 0 Å². The van der Waals surface area contributed by atoms with Crippen LogP contribution in [-0.2, 0) is 9.53 Å². The highest BCUT2D eigenvalue weighted by Gasteiger charge is 2.24. The zero-order valence-corrected chi connectivity index (χ0v) is 15.1. The lowest BCUT2D eigenvalue weighted by Crippen LogP contribution is -2.40. The Bertz CT molecular complexity index is 614. The Morgan fingerprint density at radius 1 is 1.32 bits per heavy atom. The van der Waals surface area contributed by atoms with Gasteiger partial charge in [-0.3, -0.25) is 9.59 Å². The standard InChI is InChI=1S/C17H23N3O4.ClH/c1-23-15-3-2-12(17(22)20-6-8-24-9-7-20)10-14(15)19-16(21)13-4-5-18-11-13;/h2-3,10,13,18H,4-9,11H2,1H3,(H,19,21);1H. The van der Waals surface area contributed by atoms with E-state index < -0.39 is 0 Å². The second-order valence-electron chi connectivity index (χ2n) is 6.00. The molecule has 1 atom stereocenters. The first-order valence-corrected chi connectivity index (χ1v) is 8.25. The molecule has 7 nitrogen and oxygen atoms in total. The first-order valence-electron chi connectivity index (χ1n) is 8.25. The highest BCUT2D eigenvalue weighted by molar-refractivity contribution is 5.99. The van der Waals surface area contributed by atoms with Gasteiger partial charge in [-0.05, 0) is 31.2 Å². The number of methoxy groups -OCH3 is 1. The molecule has 138 valence electrons. The van der Waals surface area contributed by atoms with Crippen LogP contribution in [-0.4, -0.2) is 63.2 Å². The van der Waals surface area contributed by atoms with Crippen LogP contribution in [0.1, 0.15) is 16.8 Å². The number of amides is 2. The summed E-state index contributed by atoms with van der Waals surface area (Å²) in [6.07, 6.45) is 0.820. The first kappa shape index (κ1) is 19.5. The number of carbonyl (C=O) groups is 2. The summed E-state index contributed by atoms with van der Waals surface area (Å²) in [7, 11) is 1.55. The lowest BCUT2D eigenvalue weighted by Gasteiger charge is -2.27. The van der Waals surface area contributed by atoms with Crippen molar-refractivity contribution in [2.75, 3.05) is 51.8 Å². The third kappa shape index (κ3) is 4.62. The number of rotatable bonds is 4. The van der Waals surface area contributed by atoms with Gasteiger partial charge in [-0.15, -0.1) is 12.4 Å². The maximum Gasteiger partial charge on any atom is 0.254 e. The Balaban J connectivity index is 0.00000225. The summed E-state index contributed by atoms with van der Waals surface area (Å²) >= 11 is 0. The third-order valence-corrected chi connectivity index (χ3v) is 4.43. The van der Waals surface area contributed by atoms with Crippen LogP contribution >= 0.6 is 12.4 Å². The molecule has 2 N–H and O–H groups in total. The number of hydrogen-bond acceptors (Lipinski definition) is 5. The number of morpholine rings is 1. The SMILES string of the molecule is COc1ccc(C(=O)N2CCOCC2)cc1NC(=O)C1CCNC1.Cl. The number of nitrogens with one attached hydrogen (secondary N) is 2. The topological polar surface area (TPSA) is 79.9 Å². The van der Waals surface area contributed by atoms with Crippen molar-refractivity contribution in [3.63, 3.8) is 0 Å². The summed E-state index contributed by atoms with van der Waals surface area (Å²) in [4.78, 5) is 26.7. The molecular weight excluding hydrogens is 346 g/mol. The summed E-state index contributed by atoms with van der Waals surface area (Å²) in [5.41, 5.74) is 1.08. The van der Waals surface area contributed by atoms with Crippen molar-refractivity contribution in [2.45, 2.75) is 6.42 Å². The second kappa shape index (κ2) is 9.03. The zero-order chi connectivity index (χ0) is 16.9. The molecule has 25 heavy (non-hydrogen) atoms. The number of hydrogen-bond donors (Lipinski definition) is 2. The predicted octanol–water partition coefficient (Wildman–Crippen LogP) is 1.14. The monoisotopic (exact) mass is 369 g/mol. The van der Waals surface area contributed by atoms with E-state index in [0.717, 1.165) is 13.0 Å². The lowest BCUT2D eigenvalue weighted by atomic mass is 10.1. The number of carbonyl (C=O) groups excluding carboxylic acids is 2. The molecule has 2 heterocycles. The smallest absolute Gasteiger partial charge is 0.254 e. The molecule has 8 heteroatoms. The molecular formula is C17H24ClN3O4. The molecule has 2 saturated heterocycles. The highest BCUT2D eigenvalue weighted by atomic mass is 35.5. The van der Waals surface area contributed by atoms with Gasteiger partial charge in [-0.25, -0.2) is 0 Å². The summed E-state index contributed by atoms with van der Waals surface area (Å²) < 4.78 is 10.6. The number of anilines is 1.